The Balaban J connectivity index is 1.93. The van der Waals surface area contributed by atoms with Crippen molar-refractivity contribution in [2.24, 2.45) is 0 Å². The van der Waals surface area contributed by atoms with Crippen molar-refractivity contribution < 1.29 is 13.5 Å². The summed E-state index contributed by atoms with van der Waals surface area (Å²) in [6.45, 7) is 4.69. The molecule has 0 fully saturated rings. The second kappa shape index (κ2) is 12.5. The van der Waals surface area contributed by atoms with Crippen molar-refractivity contribution in [1.29, 1.82) is 0 Å². The summed E-state index contributed by atoms with van der Waals surface area (Å²) >= 11 is 0. The SMILES string of the molecule is CCCCCCCc1ccc(-c2cc(F)c(OCCCCCC)c(F)c2)cc1. The van der Waals surface area contributed by atoms with Crippen LogP contribution in [0.3, 0.4) is 0 Å². The van der Waals surface area contributed by atoms with Gasteiger partial charge in [0.15, 0.2) is 17.4 Å². The van der Waals surface area contributed by atoms with E-state index in [2.05, 4.69) is 26.0 Å². The van der Waals surface area contributed by atoms with Crippen molar-refractivity contribution in [2.45, 2.75) is 78.1 Å². The number of rotatable bonds is 13. The molecule has 0 saturated carbocycles. The standard InChI is InChI=1S/C25H34F2O/c1-3-5-7-9-10-12-20-13-15-21(16-14-20)22-18-23(26)25(24(27)19-22)28-17-11-8-6-4-2/h13-16,18-19H,3-12,17H2,1-2H3. The first-order valence-corrected chi connectivity index (χ1v) is 10.9. The van der Waals surface area contributed by atoms with Crippen molar-refractivity contribution in [1.82, 2.24) is 0 Å². The third kappa shape index (κ3) is 7.26. The smallest absolute Gasteiger partial charge is 0.190 e. The van der Waals surface area contributed by atoms with Gasteiger partial charge < -0.3 is 4.74 Å². The van der Waals surface area contributed by atoms with Crippen LogP contribution in [-0.4, -0.2) is 6.61 Å². The lowest BCUT2D eigenvalue weighted by Crippen LogP contribution is -2.02. The van der Waals surface area contributed by atoms with Crippen LogP contribution in [0.4, 0.5) is 8.78 Å². The molecule has 3 heteroatoms. The molecule has 2 aromatic rings. The minimum absolute atomic E-state index is 0.260. The molecule has 2 aromatic carbocycles. The number of benzene rings is 2. The summed E-state index contributed by atoms with van der Waals surface area (Å²) in [7, 11) is 0. The van der Waals surface area contributed by atoms with Gasteiger partial charge in [0.05, 0.1) is 6.61 Å². The topological polar surface area (TPSA) is 9.23 Å². The number of unbranched alkanes of at least 4 members (excludes halogenated alkanes) is 7. The van der Waals surface area contributed by atoms with E-state index in [1.165, 1.54) is 49.8 Å². The molecule has 0 bridgehead atoms. The average molecular weight is 389 g/mol. The van der Waals surface area contributed by atoms with Gasteiger partial charge in [-0.05, 0) is 48.1 Å². The lowest BCUT2D eigenvalue weighted by Gasteiger charge is -2.11. The van der Waals surface area contributed by atoms with E-state index in [0.29, 0.717) is 12.2 Å². The molecule has 0 aliphatic carbocycles. The zero-order valence-corrected chi connectivity index (χ0v) is 17.4. The van der Waals surface area contributed by atoms with E-state index in [1.807, 2.05) is 12.1 Å². The molecule has 154 valence electrons. The Morgan fingerprint density at radius 1 is 0.679 bits per heavy atom. The quantitative estimate of drug-likeness (QED) is 0.315. The van der Waals surface area contributed by atoms with Gasteiger partial charge >= 0.3 is 0 Å². The Morgan fingerprint density at radius 3 is 1.86 bits per heavy atom. The lowest BCUT2D eigenvalue weighted by molar-refractivity contribution is 0.275. The minimum Gasteiger partial charge on any atom is -0.488 e. The highest BCUT2D eigenvalue weighted by Crippen LogP contribution is 2.29. The molecule has 0 aliphatic heterocycles. The Hall–Kier alpha value is -1.90. The van der Waals surface area contributed by atoms with Crippen molar-refractivity contribution in [2.75, 3.05) is 6.61 Å². The Kier molecular flexibility index (Phi) is 10.0. The van der Waals surface area contributed by atoms with Gasteiger partial charge in [0.2, 0.25) is 0 Å². The van der Waals surface area contributed by atoms with Gasteiger partial charge in [-0.3, -0.25) is 0 Å². The normalized spacial score (nSPS) is 11.0. The second-order valence-electron chi connectivity index (χ2n) is 7.54. The molecule has 0 unspecified atom stereocenters. The molecule has 0 saturated heterocycles. The fourth-order valence-corrected chi connectivity index (χ4v) is 3.36. The minimum atomic E-state index is -0.634. The summed E-state index contributed by atoms with van der Waals surface area (Å²) < 4.78 is 34.1. The molecule has 0 spiro atoms. The summed E-state index contributed by atoms with van der Waals surface area (Å²) in [5.74, 6) is -1.53. The largest absolute Gasteiger partial charge is 0.488 e. The summed E-state index contributed by atoms with van der Waals surface area (Å²) in [4.78, 5) is 0. The number of halogens is 2. The predicted molar refractivity (Wildman–Crippen MR) is 114 cm³/mol. The molecule has 0 amide bonds. The maximum absolute atomic E-state index is 14.4. The highest BCUT2D eigenvalue weighted by atomic mass is 19.1. The molecular formula is C25H34F2O. The maximum atomic E-state index is 14.4. The highest BCUT2D eigenvalue weighted by Gasteiger charge is 2.13. The second-order valence-corrected chi connectivity index (χ2v) is 7.54. The van der Waals surface area contributed by atoms with E-state index >= 15 is 0 Å². The lowest BCUT2D eigenvalue weighted by atomic mass is 10.0. The van der Waals surface area contributed by atoms with Gasteiger partial charge in [-0.1, -0.05) is 83.1 Å². The Bertz CT molecular complexity index is 671. The number of aryl methyl sites for hydroxylation is 1. The fourth-order valence-electron chi connectivity index (χ4n) is 3.36. The van der Waals surface area contributed by atoms with Gasteiger partial charge in [0.25, 0.3) is 0 Å². The van der Waals surface area contributed by atoms with Gasteiger partial charge in [-0.15, -0.1) is 0 Å². The van der Waals surface area contributed by atoms with Crippen LogP contribution in [0.15, 0.2) is 36.4 Å². The molecule has 28 heavy (non-hydrogen) atoms. The molecule has 0 atom stereocenters. The van der Waals surface area contributed by atoms with E-state index < -0.39 is 11.6 Å². The first kappa shape index (κ1) is 22.4. The van der Waals surface area contributed by atoms with E-state index in [-0.39, 0.29) is 5.75 Å². The van der Waals surface area contributed by atoms with Crippen LogP contribution in [-0.2, 0) is 6.42 Å². The summed E-state index contributed by atoms with van der Waals surface area (Å²) in [5.41, 5.74) is 2.64. The van der Waals surface area contributed by atoms with Gasteiger partial charge in [0, 0.05) is 0 Å². The van der Waals surface area contributed by atoms with Gasteiger partial charge in [-0.2, -0.15) is 0 Å². The van der Waals surface area contributed by atoms with E-state index in [9.17, 15) is 8.78 Å². The molecule has 0 N–H and O–H groups in total. The Morgan fingerprint density at radius 2 is 1.25 bits per heavy atom. The van der Waals surface area contributed by atoms with Gasteiger partial charge in [0.1, 0.15) is 0 Å². The Labute approximate surface area is 169 Å². The first-order valence-electron chi connectivity index (χ1n) is 10.9. The summed E-state index contributed by atoms with van der Waals surface area (Å²) in [6, 6.07) is 10.7. The van der Waals surface area contributed by atoms with Crippen molar-refractivity contribution in [3.8, 4) is 16.9 Å². The monoisotopic (exact) mass is 388 g/mol. The van der Waals surface area contributed by atoms with Crippen LogP contribution < -0.4 is 4.74 Å². The van der Waals surface area contributed by atoms with E-state index in [4.69, 9.17) is 4.74 Å². The molecular weight excluding hydrogens is 354 g/mol. The molecule has 0 aliphatic rings. The van der Waals surface area contributed by atoms with E-state index in [1.54, 1.807) is 0 Å². The van der Waals surface area contributed by atoms with Crippen LogP contribution in [0.1, 0.15) is 77.2 Å². The first-order chi connectivity index (χ1) is 13.7. The van der Waals surface area contributed by atoms with Crippen molar-refractivity contribution in [3.63, 3.8) is 0 Å². The predicted octanol–water partition coefficient (Wildman–Crippen LogP) is 8.10. The van der Waals surface area contributed by atoms with E-state index in [0.717, 1.165) is 37.7 Å². The summed E-state index contributed by atoms with van der Waals surface area (Å²) in [6.07, 6.45) is 11.4. The number of ether oxygens (including phenoxy) is 1. The zero-order valence-electron chi connectivity index (χ0n) is 17.4. The maximum Gasteiger partial charge on any atom is 0.190 e. The molecule has 0 heterocycles. The molecule has 0 aromatic heterocycles. The van der Waals surface area contributed by atoms with Crippen LogP contribution in [0.2, 0.25) is 0 Å². The summed E-state index contributed by atoms with van der Waals surface area (Å²) in [5, 5.41) is 0. The van der Waals surface area contributed by atoms with Crippen LogP contribution in [0, 0.1) is 11.6 Å². The molecule has 0 radical (unpaired) electrons. The van der Waals surface area contributed by atoms with Crippen LogP contribution in [0.5, 0.6) is 5.75 Å². The average Bonchev–Trinajstić information content (AvgIpc) is 2.70. The third-order valence-corrected chi connectivity index (χ3v) is 5.10. The van der Waals surface area contributed by atoms with Crippen molar-refractivity contribution >= 4 is 0 Å². The third-order valence-electron chi connectivity index (χ3n) is 5.10. The highest BCUT2D eigenvalue weighted by molar-refractivity contribution is 5.65. The molecule has 2 rings (SSSR count). The van der Waals surface area contributed by atoms with Crippen LogP contribution >= 0.6 is 0 Å². The molecule has 1 nitrogen and oxygen atoms in total. The van der Waals surface area contributed by atoms with Crippen LogP contribution in [0.25, 0.3) is 11.1 Å². The fraction of sp³-hybridized carbons (Fsp3) is 0.520. The van der Waals surface area contributed by atoms with Crippen molar-refractivity contribution in [3.05, 3.63) is 53.6 Å². The van der Waals surface area contributed by atoms with Gasteiger partial charge in [-0.25, -0.2) is 8.78 Å². The number of hydrogen-bond donors (Lipinski definition) is 0. The zero-order chi connectivity index (χ0) is 20.2. The number of hydrogen-bond acceptors (Lipinski definition) is 1.